The Bertz CT molecular complexity index is 1020. The zero-order valence-electron chi connectivity index (χ0n) is 14.9. The van der Waals surface area contributed by atoms with E-state index in [-0.39, 0.29) is 17.7 Å². The van der Waals surface area contributed by atoms with Gasteiger partial charge in [-0.3, -0.25) is 14.2 Å². The molecule has 1 aromatic carbocycles. The predicted octanol–water partition coefficient (Wildman–Crippen LogP) is 0.0440. The molecule has 1 aromatic heterocycles. The van der Waals surface area contributed by atoms with E-state index in [0.29, 0.717) is 30.0 Å². The van der Waals surface area contributed by atoms with Crippen LogP contribution >= 0.6 is 0 Å². The zero-order chi connectivity index (χ0) is 19.2. The molecule has 2 aromatic rings. The van der Waals surface area contributed by atoms with E-state index in [2.05, 4.69) is 0 Å². The van der Waals surface area contributed by atoms with E-state index < -0.39 is 12.0 Å². The fraction of sp³-hybridized carbons (Fsp3) is 0.389. The molecule has 138 valence electrons. The first-order valence-electron chi connectivity index (χ1n) is 8.20. The number of ether oxygens (including phenoxy) is 1. The highest BCUT2D eigenvalue weighted by molar-refractivity contribution is 5.75. The Morgan fingerprint density at radius 3 is 2.54 bits per heavy atom. The van der Waals surface area contributed by atoms with Gasteiger partial charge < -0.3 is 20.1 Å². The minimum absolute atomic E-state index is 0.186. The molecule has 26 heavy (non-hydrogen) atoms. The lowest BCUT2D eigenvalue weighted by Crippen LogP contribution is -2.39. The highest BCUT2D eigenvalue weighted by atomic mass is 16.5. The predicted molar refractivity (Wildman–Crippen MR) is 94.9 cm³/mol. The summed E-state index contributed by atoms with van der Waals surface area (Å²) < 4.78 is 8.08. The molecule has 1 unspecified atom stereocenters. The van der Waals surface area contributed by atoms with Crippen LogP contribution in [-0.2, 0) is 43.3 Å². The van der Waals surface area contributed by atoms with Crippen molar-refractivity contribution in [3.8, 4) is 11.1 Å². The summed E-state index contributed by atoms with van der Waals surface area (Å²) in [5.74, 6) is -1.07. The SMILES string of the molecule is Cc1c(-c2ccc(CC(N)C(=O)O)c3c2COC3)c(=O)n(C)c(=O)n1C. The number of nitrogens with zero attached hydrogens (tertiary/aromatic N) is 2. The molecule has 0 saturated heterocycles. The number of nitrogens with two attached hydrogens (primary N) is 1. The smallest absolute Gasteiger partial charge is 0.330 e. The summed E-state index contributed by atoms with van der Waals surface area (Å²) >= 11 is 0. The summed E-state index contributed by atoms with van der Waals surface area (Å²) in [6, 6.07) is 2.57. The van der Waals surface area contributed by atoms with Crippen LogP contribution in [-0.4, -0.2) is 26.3 Å². The topological polar surface area (TPSA) is 117 Å². The van der Waals surface area contributed by atoms with Gasteiger partial charge in [0.15, 0.2) is 0 Å². The standard InChI is InChI=1S/C18H21N3O5/c1-9-15(16(22)21(3)18(25)20(9)2)11-5-4-10(6-14(19)17(23)24)12-7-26-8-13(11)12/h4-5,14H,6-8,19H2,1-3H3,(H,23,24). The number of carboxylic acid groups (broad SMARTS) is 1. The van der Waals surface area contributed by atoms with Gasteiger partial charge in [-0.2, -0.15) is 0 Å². The Kier molecular flexibility index (Phi) is 4.55. The molecule has 2 heterocycles. The lowest BCUT2D eigenvalue weighted by Gasteiger charge is -2.17. The molecule has 1 aliphatic rings. The second-order valence-electron chi connectivity index (χ2n) is 6.54. The largest absolute Gasteiger partial charge is 0.480 e. The molecule has 0 fully saturated rings. The molecule has 1 aliphatic heterocycles. The highest BCUT2D eigenvalue weighted by Gasteiger charge is 2.25. The summed E-state index contributed by atoms with van der Waals surface area (Å²) in [4.78, 5) is 35.9. The van der Waals surface area contributed by atoms with Crippen LogP contribution in [0.3, 0.4) is 0 Å². The van der Waals surface area contributed by atoms with E-state index >= 15 is 0 Å². The highest BCUT2D eigenvalue weighted by Crippen LogP contribution is 2.33. The Balaban J connectivity index is 2.21. The lowest BCUT2D eigenvalue weighted by molar-refractivity contribution is -0.138. The van der Waals surface area contributed by atoms with E-state index in [1.807, 2.05) is 0 Å². The first kappa shape index (κ1) is 18.1. The third kappa shape index (κ3) is 2.77. The van der Waals surface area contributed by atoms with Crippen molar-refractivity contribution in [1.82, 2.24) is 9.13 Å². The van der Waals surface area contributed by atoms with Crippen molar-refractivity contribution in [2.75, 3.05) is 0 Å². The third-order valence-electron chi connectivity index (χ3n) is 5.00. The maximum Gasteiger partial charge on any atom is 0.330 e. The molecule has 0 aliphatic carbocycles. The molecule has 0 radical (unpaired) electrons. The number of aliphatic carboxylic acids is 1. The monoisotopic (exact) mass is 359 g/mol. The quantitative estimate of drug-likeness (QED) is 0.796. The van der Waals surface area contributed by atoms with Crippen LogP contribution in [0.5, 0.6) is 0 Å². The minimum Gasteiger partial charge on any atom is -0.480 e. The van der Waals surface area contributed by atoms with Crippen molar-refractivity contribution < 1.29 is 14.6 Å². The van der Waals surface area contributed by atoms with Crippen LogP contribution in [0.1, 0.15) is 22.4 Å². The molecule has 0 amide bonds. The van der Waals surface area contributed by atoms with Crippen LogP contribution in [0.2, 0.25) is 0 Å². The fourth-order valence-corrected chi connectivity index (χ4v) is 3.35. The fourth-order valence-electron chi connectivity index (χ4n) is 3.35. The molecule has 0 bridgehead atoms. The van der Waals surface area contributed by atoms with Crippen molar-refractivity contribution in [2.45, 2.75) is 32.6 Å². The second kappa shape index (κ2) is 6.54. The molecule has 3 rings (SSSR count). The molecule has 0 spiro atoms. The summed E-state index contributed by atoms with van der Waals surface area (Å²) in [5.41, 5.74) is 9.16. The van der Waals surface area contributed by atoms with Crippen molar-refractivity contribution in [1.29, 1.82) is 0 Å². The zero-order valence-corrected chi connectivity index (χ0v) is 14.9. The van der Waals surface area contributed by atoms with E-state index in [4.69, 9.17) is 15.6 Å². The number of rotatable bonds is 4. The number of fused-ring (bicyclic) bond motifs is 1. The third-order valence-corrected chi connectivity index (χ3v) is 5.00. The number of aromatic nitrogens is 2. The van der Waals surface area contributed by atoms with Gasteiger partial charge in [0.25, 0.3) is 5.56 Å². The van der Waals surface area contributed by atoms with Crippen LogP contribution in [0.4, 0.5) is 0 Å². The molecular weight excluding hydrogens is 338 g/mol. The van der Waals surface area contributed by atoms with Gasteiger partial charge in [-0.05, 0) is 35.6 Å². The maximum absolute atomic E-state index is 12.7. The average molecular weight is 359 g/mol. The average Bonchev–Trinajstić information content (AvgIpc) is 3.10. The van der Waals surface area contributed by atoms with Gasteiger partial charge in [-0.25, -0.2) is 4.79 Å². The van der Waals surface area contributed by atoms with E-state index in [9.17, 15) is 14.4 Å². The Hall–Kier alpha value is -2.71. The summed E-state index contributed by atoms with van der Waals surface area (Å²) in [6.07, 6.45) is 0.186. The number of hydrogen-bond donors (Lipinski definition) is 2. The lowest BCUT2D eigenvalue weighted by atomic mass is 9.91. The van der Waals surface area contributed by atoms with Crippen LogP contribution < -0.4 is 17.0 Å². The second-order valence-corrected chi connectivity index (χ2v) is 6.54. The number of carbonyl (C=O) groups is 1. The van der Waals surface area contributed by atoms with Gasteiger partial charge in [0.05, 0.1) is 18.8 Å². The van der Waals surface area contributed by atoms with Gasteiger partial charge in [-0.1, -0.05) is 12.1 Å². The van der Waals surface area contributed by atoms with Crippen molar-refractivity contribution in [3.05, 3.63) is 55.4 Å². The molecule has 8 nitrogen and oxygen atoms in total. The van der Waals surface area contributed by atoms with Gasteiger partial charge >= 0.3 is 11.7 Å². The normalized spacial score (nSPS) is 14.3. The Morgan fingerprint density at radius 2 is 1.88 bits per heavy atom. The van der Waals surface area contributed by atoms with Gasteiger partial charge in [-0.15, -0.1) is 0 Å². The summed E-state index contributed by atoms with van der Waals surface area (Å²) in [7, 11) is 3.07. The van der Waals surface area contributed by atoms with E-state index in [0.717, 1.165) is 21.3 Å². The first-order chi connectivity index (χ1) is 12.2. The Morgan fingerprint density at radius 1 is 1.23 bits per heavy atom. The van der Waals surface area contributed by atoms with Crippen molar-refractivity contribution in [2.24, 2.45) is 19.8 Å². The van der Waals surface area contributed by atoms with E-state index in [1.165, 1.54) is 11.6 Å². The Labute approximate surface area is 149 Å². The summed E-state index contributed by atoms with van der Waals surface area (Å²) in [5, 5.41) is 9.05. The van der Waals surface area contributed by atoms with Crippen molar-refractivity contribution in [3.63, 3.8) is 0 Å². The first-order valence-corrected chi connectivity index (χ1v) is 8.20. The molecular formula is C18H21N3O5. The van der Waals surface area contributed by atoms with Gasteiger partial charge in [0.1, 0.15) is 6.04 Å². The minimum atomic E-state index is -1.07. The number of hydrogen-bond acceptors (Lipinski definition) is 5. The molecule has 0 saturated carbocycles. The van der Waals surface area contributed by atoms with Crippen LogP contribution in [0.15, 0.2) is 21.7 Å². The van der Waals surface area contributed by atoms with Gasteiger partial charge in [0, 0.05) is 19.8 Å². The summed E-state index contributed by atoms with van der Waals surface area (Å²) in [6.45, 7) is 2.40. The van der Waals surface area contributed by atoms with Crippen LogP contribution in [0.25, 0.3) is 11.1 Å². The number of carboxylic acids is 1. The van der Waals surface area contributed by atoms with Gasteiger partial charge in [0.2, 0.25) is 0 Å². The molecule has 8 heteroatoms. The van der Waals surface area contributed by atoms with Crippen LogP contribution in [0, 0.1) is 6.92 Å². The molecule has 1 atom stereocenters. The maximum atomic E-state index is 12.7. The molecule has 3 N–H and O–H groups in total. The number of benzene rings is 1. The van der Waals surface area contributed by atoms with E-state index in [1.54, 1.807) is 26.1 Å². The van der Waals surface area contributed by atoms with Crippen molar-refractivity contribution >= 4 is 5.97 Å².